The molecule has 70 valence electrons. The molecule has 0 aromatic rings. The quantitative estimate of drug-likeness (QED) is 0.236. The minimum absolute atomic E-state index is 0.205. The molecule has 0 atom stereocenters. The second kappa shape index (κ2) is 6.26. The lowest BCUT2D eigenvalue weighted by molar-refractivity contribution is 0.243. The van der Waals surface area contributed by atoms with E-state index in [0.717, 1.165) is 0 Å². The normalized spacial score (nSPS) is 10.7. The number of carbonyl (C=O) groups excluding carboxylic acids is 1. The molecular weight excluding hydrogens is 158 g/mol. The molecule has 0 aliphatic heterocycles. The first-order valence-corrected chi connectivity index (χ1v) is 3.62. The molecule has 0 unspecified atom stereocenters. The maximum atomic E-state index is 10.6. The van der Waals surface area contributed by atoms with Gasteiger partial charge in [-0.25, -0.2) is 4.79 Å². The Bertz CT molecular complexity index is 167. The van der Waals surface area contributed by atoms with Crippen molar-refractivity contribution in [3.63, 3.8) is 0 Å². The summed E-state index contributed by atoms with van der Waals surface area (Å²) in [6.07, 6.45) is 0. The van der Waals surface area contributed by atoms with Gasteiger partial charge in [0, 0.05) is 27.2 Å². The fraction of sp³-hybridized carbons (Fsp3) is 0.667. The lowest BCUT2D eigenvalue weighted by Gasteiger charge is -2.05. The number of nitrogens with two attached hydrogens (primary N) is 1. The molecule has 0 bridgehead atoms. The number of nitrogens with zero attached hydrogens (tertiary/aromatic N) is 1. The molecule has 6 heteroatoms. The number of aliphatic imine (C=N–C) groups is 1. The second-order valence-corrected chi connectivity index (χ2v) is 2.04. The molecule has 0 saturated carbocycles. The monoisotopic (exact) mass is 173 g/mol. The van der Waals surface area contributed by atoms with Crippen LogP contribution in [-0.4, -0.2) is 39.2 Å². The van der Waals surface area contributed by atoms with Gasteiger partial charge in [0.05, 0.1) is 0 Å². The molecule has 0 spiro atoms. The Labute approximate surface area is 71.6 Å². The molecular formula is C6H15N5O. The van der Waals surface area contributed by atoms with Crippen LogP contribution < -0.4 is 21.7 Å². The molecule has 0 aliphatic carbocycles. The first-order valence-electron chi connectivity index (χ1n) is 3.62. The van der Waals surface area contributed by atoms with Crippen LogP contribution in [0.3, 0.4) is 0 Å². The fourth-order valence-corrected chi connectivity index (χ4v) is 0.534. The molecule has 0 aromatic heterocycles. The minimum Gasteiger partial charge on any atom is -0.370 e. The second-order valence-electron chi connectivity index (χ2n) is 2.04. The number of hydrogen-bond acceptors (Lipinski definition) is 2. The molecule has 2 amide bonds. The van der Waals surface area contributed by atoms with E-state index in [2.05, 4.69) is 20.9 Å². The van der Waals surface area contributed by atoms with E-state index in [1.54, 1.807) is 14.1 Å². The fourth-order valence-electron chi connectivity index (χ4n) is 0.534. The third-order valence-corrected chi connectivity index (χ3v) is 1.18. The summed E-state index contributed by atoms with van der Waals surface area (Å²) in [5.41, 5.74) is 5.33. The van der Waals surface area contributed by atoms with E-state index in [9.17, 15) is 4.79 Å². The van der Waals surface area contributed by atoms with E-state index >= 15 is 0 Å². The van der Waals surface area contributed by atoms with Crippen molar-refractivity contribution in [2.24, 2.45) is 10.7 Å². The molecule has 0 saturated heterocycles. The van der Waals surface area contributed by atoms with Gasteiger partial charge in [0.25, 0.3) is 0 Å². The number of amides is 2. The molecule has 0 heterocycles. The Hall–Kier alpha value is -1.46. The highest BCUT2D eigenvalue weighted by molar-refractivity contribution is 5.77. The largest absolute Gasteiger partial charge is 0.370 e. The zero-order chi connectivity index (χ0) is 9.40. The van der Waals surface area contributed by atoms with Crippen molar-refractivity contribution < 1.29 is 4.79 Å². The van der Waals surface area contributed by atoms with E-state index in [1.165, 1.54) is 0 Å². The minimum atomic E-state index is -0.205. The van der Waals surface area contributed by atoms with Gasteiger partial charge in [0.2, 0.25) is 0 Å². The average Bonchev–Trinajstić information content (AvgIpc) is 2.11. The summed E-state index contributed by atoms with van der Waals surface area (Å²) < 4.78 is 0. The molecule has 0 radical (unpaired) electrons. The van der Waals surface area contributed by atoms with Crippen LogP contribution in [0.15, 0.2) is 4.99 Å². The topological polar surface area (TPSA) is 91.5 Å². The third kappa shape index (κ3) is 5.33. The zero-order valence-electron chi connectivity index (χ0n) is 7.35. The molecule has 5 N–H and O–H groups in total. The highest BCUT2D eigenvalue weighted by Crippen LogP contribution is 1.62. The Morgan fingerprint density at radius 1 is 1.42 bits per heavy atom. The van der Waals surface area contributed by atoms with Crippen LogP contribution in [0.1, 0.15) is 0 Å². The van der Waals surface area contributed by atoms with Crippen molar-refractivity contribution in [1.82, 2.24) is 16.0 Å². The number of guanidine groups is 1. The molecule has 6 nitrogen and oxygen atoms in total. The number of carbonyl (C=O) groups is 1. The maximum absolute atomic E-state index is 10.6. The summed E-state index contributed by atoms with van der Waals surface area (Å²) in [4.78, 5) is 14.3. The standard InChI is InChI=1S/C6H15N5O/c1-8-5(7)10-3-4-11-6(12)9-2/h3-4H2,1-2H3,(H3,7,8,10)(H2,9,11,12). The third-order valence-electron chi connectivity index (χ3n) is 1.18. The highest BCUT2D eigenvalue weighted by atomic mass is 16.2. The average molecular weight is 173 g/mol. The van der Waals surface area contributed by atoms with Crippen LogP contribution in [0.25, 0.3) is 0 Å². The number of nitrogens with one attached hydrogen (secondary N) is 3. The number of rotatable bonds is 3. The van der Waals surface area contributed by atoms with Gasteiger partial charge in [-0.3, -0.25) is 4.99 Å². The Morgan fingerprint density at radius 3 is 2.50 bits per heavy atom. The maximum Gasteiger partial charge on any atom is 0.314 e. The van der Waals surface area contributed by atoms with E-state index in [0.29, 0.717) is 19.0 Å². The van der Waals surface area contributed by atoms with Crippen LogP contribution in [0.5, 0.6) is 0 Å². The number of hydrogen-bond donors (Lipinski definition) is 4. The highest BCUT2D eigenvalue weighted by Gasteiger charge is 1.93. The predicted molar refractivity (Wildman–Crippen MR) is 48.0 cm³/mol. The summed E-state index contributed by atoms with van der Waals surface area (Å²) in [7, 11) is 3.15. The van der Waals surface area contributed by atoms with Crippen LogP contribution in [-0.2, 0) is 0 Å². The van der Waals surface area contributed by atoms with Crippen molar-refractivity contribution in [1.29, 1.82) is 0 Å². The summed E-state index contributed by atoms with van der Waals surface area (Å²) in [5.74, 6) is 0.369. The van der Waals surface area contributed by atoms with Crippen LogP contribution in [0.4, 0.5) is 4.79 Å². The van der Waals surface area contributed by atoms with Gasteiger partial charge < -0.3 is 21.7 Å². The summed E-state index contributed by atoms with van der Waals surface area (Å²) in [6.45, 7) is 1.08. The SMILES string of the molecule is CN=C(N)NCCNC(=O)NC. The van der Waals surface area contributed by atoms with Crippen LogP contribution >= 0.6 is 0 Å². The first kappa shape index (κ1) is 10.5. The van der Waals surface area contributed by atoms with E-state index in [4.69, 9.17) is 5.73 Å². The zero-order valence-corrected chi connectivity index (χ0v) is 7.35. The van der Waals surface area contributed by atoms with Gasteiger partial charge in [-0.15, -0.1) is 0 Å². The molecule has 0 aliphatic rings. The lowest BCUT2D eigenvalue weighted by Crippen LogP contribution is -2.40. The van der Waals surface area contributed by atoms with Gasteiger partial charge in [-0.2, -0.15) is 0 Å². The van der Waals surface area contributed by atoms with Crippen molar-refractivity contribution in [2.75, 3.05) is 27.2 Å². The molecule has 12 heavy (non-hydrogen) atoms. The Morgan fingerprint density at radius 2 is 2.00 bits per heavy atom. The Balaban J connectivity index is 3.27. The smallest absolute Gasteiger partial charge is 0.314 e. The predicted octanol–water partition coefficient (Wildman–Crippen LogP) is -1.55. The van der Waals surface area contributed by atoms with Gasteiger partial charge in [0.1, 0.15) is 0 Å². The lowest BCUT2D eigenvalue weighted by atomic mass is 10.6. The summed E-state index contributed by atoms with van der Waals surface area (Å²) in [6, 6.07) is -0.205. The van der Waals surface area contributed by atoms with Gasteiger partial charge in [-0.05, 0) is 0 Å². The van der Waals surface area contributed by atoms with Gasteiger partial charge in [0.15, 0.2) is 5.96 Å². The summed E-state index contributed by atoms with van der Waals surface area (Å²) in [5, 5.41) is 7.81. The van der Waals surface area contributed by atoms with Crippen molar-refractivity contribution in [3.05, 3.63) is 0 Å². The van der Waals surface area contributed by atoms with Crippen molar-refractivity contribution in [2.45, 2.75) is 0 Å². The van der Waals surface area contributed by atoms with Gasteiger partial charge >= 0.3 is 6.03 Å². The van der Waals surface area contributed by atoms with Crippen LogP contribution in [0.2, 0.25) is 0 Å². The first-order chi connectivity index (χ1) is 5.70. The molecule has 0 rings (SSSR count). The number of urea groups is 1. The Kier molecular flexibility index (Phi) is 5.50. The van der Waals surface area contributed by atoms with Gasteiger partial charge in [-0.1, -0.05) is 0 Å². The van der Waals surface area contributed by atoms with E-state index in [-0.39, 0.29) is 6.03 Å². The summed E-state index contributed by atoms with van der Waals surface area (Å²) >= 11 is 0. The van der Waals surface area contributed by atoms with Crippen LogP contribution in [0, 0.1) is 0 Å². The molecule has 0 aromatic carbocycles. The molecule has 0 fully saturated rings. The van der Waals surface area contributed by atoms with Crippen molar-refractivity contribution >= 4 is 12.0 Å². The van der Waals surface area contributed by atoms with E-state index < -0.39 is 0 Å². The van der Waals surface area contributed by atoms with E-state index in [1.807, 2.05) is 0 Å². The van der Waals surface area contributed by atoms with Crippen molar-refractivity contribution in [3.8, 4) is 0 Å².